The monoisotopic (exact) mass is 479 g/mol. The molecule has 4 rings (SSSR count). The highest BCUT2D eigenvalue weighted by Gasteiger charge is 2.21. The number of thioether (sulfide) groups is 1. The Morgan fingerprint density at radius 3 is 2.67 bits per heavy atom. The molecule has 1 aromatic heterocycles. The number of carboxylic acids is 1. The standard InChI is InChI=1S/C23H17N3O5S2/c1-13-3-2-4-14(9-13)12-32-23-25-19-8-5-15(10-20(19)33-23)24-21(27)17-7-6-16(26(30)31)11-18(17)22(28)29/h2-11H,12H2,1H3,(H,24,27)(H,28,29). The fourth-order valence-electron chi connectivity index (χ4n) is 3.21. The van der Waals surface area contributed by atoms with E-state index in [1.165, 1.54) is 22.5 Å². The first-order valence-corrected chi connectivity index (χ1v) is 11.5. The van der Waals surface area contributed by atoms with Crippen molar-refractivity contribution in [1.82, 2.24) is 4.98 Å². The van der Waals surface area contributed by atoms with Gasteiger partial charge in [0.25, 0.3) is 11.6 Å². The fraction of sp³-hybridized carbons (Fsp3) is 0.0870. The second-order valence-corrected chi connectivity index (χ2v) is 9.44. The minimum atomic E-state index is -1.42. The molecule has 0 atom stereocenters. The zero-order valence-corrected chi connectivity index (χ0v) is 18.9. The van der Waals surface area contributed by atoms with Crippen LogP contribution in [0.1, 0.15) is 31.8 Å². The molecule has 0 aliphatic heterocycles. The summed E-state index contributed by atoms with van der Waals surface area (Å²) in [6.45, 7) is 2.05. The number of aromatic carboxylic acids is 1. The summed E-state index contributed by atoms with van der Waals surface area (Å²) in [5.41, 5.74) is 2.70. The van der Waals surface area contributed by atoms with Crippen molar-refractivity contribution in [2.24, 2.45) is 0 Å². The Morgan fingerprint density at radius 2 is 1.94 bits per heavy atom. The summed E-state index contributed by atoms with van der Waals surface area (Å²) in [5, 5.41) is 23.0. The van der Waals surface area contributed by atoms with E-state index in [0.717, 1.165) is 38.5 Å². The normalized spacial score (nSPS) is 10.8. The fourth-order valence-corrected chi connectivity index (χ4v) is 5.26. The lowest BCUT2D eigenvalue weighted by Gasteiger charge is -2.08. The topological polar surface area (TPSA) is 122 Å². The van der Waals surface area contributed by atoms with Crippen molar-refractivity contribution < 1.29 is 19.6 Å². The van der Waals surface area contributed by atoms with Gasteiger partial charge >= 0.3 is 5.97 Å². The highest BCUT2D eigenvalue weighted by molar-refractivity contribution is 8.00. The molecule has 0 fully saturated rings. The van der Waals surface area contributed by atoms with Crippen LogP contribution in [0.25, 0.3) is 10.2 Å². The Labute approximate surface area is 196 Å². The molecule has 2 N–H and O–H groups in total. The summed E-state index contributed by atoms with van der Waals surface area (Å²) in [7, 11) is 0. The third kappa shape index (κ3) is 5.18. The number of hydrogen-bond acceptors (Lipinski definition) is 7. The van der Waals surface area contributed by atoms with E-state index in [2.05, 4.69) is 35.4 Å². The van der Waals surface area contributed by atoms with E-state index >= 15 is 0 Å². The molecule has 0 saturated heterocycles. The summed E-state index contributed by atoms with van der Waals surface area (Å²) in [6, 6.07) is 16.6. The molecule has 4 aromatic rings. The van der Waals surface area contributed by atoms with Gasteiger partial charge in [-0.05, 0) is 36.8 Å². The number of non-ortho nitro benzene ring substituents is 1. The number of aryl methyl sites for hydroxylation is 1. The maximum absolute atomic E-state index is 12.7. The van der Waals surface area contributed by atoms with Gasteiger partial charge in [0.1, 0.15) is 0 Å². The maximum Gasteiger partial charge on any atom is 0.336 e. The Bertz CT molecular complexity index is 1400. The van der Waals surface area contributed by atoms with Crippen LogP contribution in [0, 0.1) is 17.0 Å². The van der Waals surface area contributed by atoms with Crippen LogP contribution in [-0.4, -0.2) is 26.9 Å². The predicted molar refractivity (Wildman–Crippen MR) is 128 cm³/mol. The van der Waals surface area contributed by atoms with E-state index in [9.17, 15) is 24.8 Å². The van der Waals surface area contributed by atoms with Gasteiger partial charge in [0.15, 0.2) is 4.34 Å². The average Bonchev–Trinajstić information content (AvgIpc) is 3.19. The van der Waals surface area contributed by atoms with Crippen LogP contribution in [0.5, 0.6) is 0 Å². The van der Waals surface area contributed by atoms with E-state index in [1.807, 2.05) is 6.07 Å². The van der Waals surface area contributed by atoms with Crippen LogP contribution in [0.4, 0.5) is 11.4 Å². The Hall–Kier alpha value is -3.76. The molecule has 1 amide bonds. The van der Waals surface area contributed by atoms with E-state index in [0.29, 0.717) is 5.69 Å². The van der Waals surface area contributed by atoms with Crippen molar-refractivity contribution in [3.63, 3.8) is 0 Å². The molecule has 0 aliphatic carbocycles. The molecule has 10 heteroatoms. The zero-order valence-electron chi connectivity index (χ0n) is 17.3. The number of aromatic nitrogens is 1. The molecule has 0 bridgehead atoms. The number of fused-ring (bicyclic) bond motifs is 1. The van der Waals surface area contributed by atoms with Gasteiger partial charge in [-0.3, -0.25) is 14.9 Å². The summed E-state index contributed by atoms with van der Waals surface area (Å²) in [4.78, 5) is 39.0. The van der Waals surface area contributed by atoms with Crippen molar-refractivity contribution in [3.05, 3.63) is 93.0 Å². The van der Waals surface area contributed by atoms with Crippen molar-refractivity contribution >= 4 is 56.6 Å². The number of carbonyl (C=O) groups excluding carboxylic acids is 1. The number of nitrogens with one attached hydrogen (secondary N) is 1. The number of nitro benzene ring substituents is 1. The largest absolute Gasteiger partial charge is 0.478 e. The van der Waals surface area contributed by atoms with E-state index in [-0.39, 0.29) is 5.56 Å². The molecule has 3 aromatic carbocycles. The minimum absolute atomic E-state index is 0.160. The van der Waals surface area contributed by atoms with Crippen LogP contribution in [0.15, 0.2) is 65.0 Å². The minimum Gasteiger partial charge on any atom is -0.478 e. The van der Waals surface area contributed by atoms with Gasteiger partial charge in [-0.15, -0.1) is 11.3 Å². The number of hydrogen-bond donors (Lipinski definition) is 2. The van der Waals surface area contributed by atoms with Crippen molar-refractivity contribution in [2.75, 3.05) is 5.32 Å². The van der Waals surface area contributed by atoms with Gasteiger partial charge in [0, 0.05) is 23.6 Å². The second kappa shape index (κ2) is 9.39. The van der Waals surface area contributed by atoms with Crippen molar-refractivity contribution in [2.45, 2.75) is 17.0 Å². The summed E-state index contributed by atoms with van der Waals surface area (Å²) in [6.07, 6.45) is 0. The van der Waals surface area contributed by atoms with Crippen LogP contribution >= 0.6 is 23.1 Å². The Balaban J connectivity index is 1.52. The highest BCUT2D eigenvalue weighted by atomic mass is 32.2. The average molecular weight is 480 g/mol. The first-order valence-electron chi connectivity index (χ1n) is 9.72. The number of nitrogens with zero attached hydrogens (tertiary/aromatic N) is 2. The lowest BCUT2D eigenvalue weighted by molar-refractivity contribution is -0.384. The summed E-state index contributed by atoms with van der Waals surface area (Å²) in [5.74, 6) is -1.29. The molecular formula is C23H17N3O5S2. The third-order valence-electron chi connectivity index (χ3n) is 4.76. The molecule has 0 aliphatic rings. The zero-order chi connectivity index (χ0) is 23.5. The maximum atomic E-state index is 12.7. The molecule has 1 heterocycles. The molecule has 33 heavy (non-hydrogen) atoms. The van der Waals surface area contributed by atoms with Gasteiger partial charge in [-0.25, -0.2) is 9.78 Å². The van der Waals surface area contributed by atoms with Gasteiger partial charge in [0.2, 0.25) is 0 Å². The van der Waals surface area contributed by atoms with Gasteiger partial charge < -0.3 is 10.4 Å². The Morgan fingerprint density at radius 1 is 1.12 bits per heavy atom. The van der Waals surface area contributed by atoms with Crippen molar-refractivity contribution in [3.8, 4) is 0 Å². The SMILES string of the molecule is Cc1cccc(CSc2nc3ccc(NC(=O)c4ccc([N+](=O)[O-])cc4C(=O)O)cc3s2)c1. The van der Waals surface area contributed by atoms with Gasteiger partial charge in [0.05, 0.1) is 26.3 Å². The molecule has 0 radical (unpaired) electrons. The number of carboxylic acid groups (broad SMARTS) is 1. The van der Waals surface area contributed by atoms with Crippen LogP contribution < -0.4 is 5.32 Å². The van der Waals surface area contributed by atoms with E-state index in [1.54, 1.807) is 30.0 Å². The molecule has 8 nitrogen and oxygen atoms in total. The third-order valence-corrected chi connectivity index (χ3v) is 6.99. The second-order valence-electron chi connectivity index (χ2n) is 7.19. The van der Waals surface area contributed by atoms with Crippen LogP contribution in [0.2, 0.25) is 0 Å². The van der Waals surface area contributed by atoms with Gasteiger partial charge in [-0.2, -0.15) is 0 Å². The quantitative estimate of drug-likeness (QED) is 0.196. The Kier molecular flexibility index (Phi) is 6.38. The number of carbonyl (C=O) groups is 2. The number of thiazole rings is 1. The number of nitro groups is 1. The lowest BCUT2D eigenvalue weighted by Crippen LogP contribution is -2.16. The van der Waals surface area contributed by atoms with Gasteiger partial charge in [-0.1, -0.05) is 41.6 Å². The van der Waals surface area contributed by atoms with Crippen LogP contribution in [-0.2, 0) is 5.75 Å². The smallest absolute Gasteiger partial charge is 0.336 e. The van der Waals surface area contributed by atoms with Crippen LogP contribution in [0.3, 0.4) is 0 Å². The van der Waals surface area contributed by atoms with E-state index < -0.39 is 28.1 Å². The van der Waals surface area contributed by atoms with Crippen molar-refractivity contribution in [1.29, 1.82) is 0 Å². The number of anilines is 1. The predicted octanol–water partition coefficient (Wildman–Crippen LogP) is 5.76. The number of amides is 1. The molecule has 166 valence electrons. The molecule has 0 spiro atoms. The molecule has 0 unspecified atom stereocenters. The number of benzene rings is 3. The number of rotatable bonds is 7. The highest BCUT2D eigenvalue weighted by Crippen LogP contribution is 2.33. The first-order chi connectivity index (χ1) is 15.8. The molecular weight excluding hydrogens is 462 g/mol. The summed E-state index contributed by atoms with van der Waals surface area (Å²) < 4.78 is 1.78. The first kappa shape index (κ1) is 22.4. The summed E-state index contributed by atoms with van der Waals surface area (Å²) >= 11 is 3.14. The molecule has 0 saturated carbocycles. The van der Waals surface area contributed by atoms with E-state index in [4.69, 9.17) is 0 Å². The lowest BCUT2D eigenvalue weighted by atomic mass is 10.1.